The summed E-state index contributed by atoms with van der Waals surface area (Å²) in [5.41, 5.74) is -0.306. The molecule has 10 heteroatoms. The number of anilines is 1. The van der Waals surface area contributed by atoms with Crippen molar-refractivity contribution in [2.24, 2.45) is 0 Å². The molecule has 31 heavy (non-hydrogen) atoms. The van der Waals surface area contributed by atoms with Crippen molar-refractivity contribution in [3.63, 3.8) is 0 Å². The van der Waals surface area contributed by atoms with Gasteiger partial charge in [-0.2, -0.15) is 10.1 Å². The molecule has 2 heterocycles. The van der Waals surface area contributed by atoms with E-state index in [-0.39, 0.29) is 0 Å². The van der Waals surface area contributed by atoms with E-state index in [4.69, 9.17) is 4.74 Å². The quantitative estimate of drug-likeness (QED) is 0.479. The minimum absolute atomic E-state index is 0.290. The van der Waals surface area contributed by atoms with Gasteiger partial charge in [-0.05, 0) is 49.4 Å². The highest BCUT2D eigenvalue weighted by atomic mass is 19.2. The number of carbonyl (C=O) groups excluding carboxylic acids is 1. The van der Waals surface area contributed by atoms with Crippen LogP contribution >= 0.6 is 0 Å². The number of benzene rings is 2. The molecule has 2 aromatic heterocycles. The number of carbonyl (C=O) groups is 1. The van der Waals surface area contributed by atoms with Gasteiger partial charge in [0.15, 0.2) is 23.3 Å². The second-order valence-corrected chi connectivity index (χ2v) is 6.37. The molecule has 0 radical (unpaired) electrons. The maximum atomic E-state index is 13.8. The second-order valence-electron chi connectivity index (χ2n) is 6.37. The van der Waals surface area contributed by atoms with Crippen molar-refractivity contribution in [3.05, 3.63) is 89.8 Å². The zero-order valence-electron chi connectivity index (χ0n) is 16.0. The van der Waals surface area contributed by atoms with Gasteiger partial charge in [0, 0.05) is 24.1 Å². The fourth-order valence-corrected chi connectivity index (χ4v) is 2.73. The average molecular weight is 425 g/mol. The molecule has 1 amide bonds. The summed E-state index contributed by atoms with van der Waals surface area (Å²) in [7, 11) is 0. The van der Waals surface area contributed by atoms with Crippen LogP contribution in [-0.2, 0) is 0 Å². The van der Waals surface area contributed by atoms with Gasteiger partial charge in [-0.25, -0.2) is 22.8 Å². The van der Waals surface area contributed by atoms with Gasteiger partial charge < -0.3 is 10.1 Å². The zero-order chi connectivity index (χ0) is 22.0. The Morgan fingerprint density at radius 2 is 1.81 bits per heavy atom. The molecule has 7 nitrogen and oxygen atoms in total. The summed E-state index contributed by atoms with van der Waals surface area (Å²) in [5.74, 6) is -3.81. The van der Waals surface area contributed by atoms with Crippen LogP contribution in [0.5, 0.6) is 11.6 Å². The van der Waals surface area contributed by atoms with E-state index in [0.717, 1.165) is 6.07 Å². The molecule has 0 spiro atoms. The Morgan fingerprint density at radius 1 is 1.03 bits per heavy atom. The van der Waals surface area contributed by atoms with Gasteiger partial charge in [0.05, 0.1) is 5.56 Å². The van der Waals surface area contributed by atoms with E-state index >= 15 is 0 Å². The van der Waals surface area contributed by atoms with E-state index in [1.165, 1.54) is 12.1 Å². The van der Waals surface area contributed by atoms with E-state index in [2.05, 4.69) is 20.4 Å². The number of aromatic nitrogens is 4. The zero-order valence-corrected chi connectivity index (χ0v) is 16.0. The number of halogens is 3. The van der Waals surface area contributed by atoms with Crippen molar-refractivity contribution < 1.29 is 22.7 Å². The highest BCUT2D eigenvalue weighted by molar-refractivity contribution is 6.04. The van der Waals surface area contributed by atoms with Crippen LogP contribution in [0.15, 0.2) is 60.9 Å². The standard InChI is InChI=1S/C21H14F3N5O2/c1-12-26-17(29-10-2-9-25-29)11-18(27-12)31-14-5-3-13(4-6-14)28-21(30)15-7-8-16(22)20(24)19(15)23/h2-11H,1H3,(H,28,30). The topological polar surface area (TPSA) is 81.9 Å². The number of nitrogens with one attached hydrogen (secondary N) is 1. The van der Waals surface area contributed by atoms with Gasteiger partial charge in [0.2, 0.25) is 5.88 Å². The monoisotopic (exact) mass is 425 g/mol. The summed E-state index contributed by atoms with van der Waals surface area (Å²) in [5, 5.41) is 6.53. The Morgan fingerprint density at radius 3 is 2.52 bits per heavy atom. The predicted octanol–water partition coefficient (Wildman–Crippen LogP) is 4.43. The molecular formula is C21H14F3N5O2. The molecule has 0 atom stereocenters. The van der Waals surface area contributed by atoms with Crippen molar-refractivity contribution in [2.45, 2.75) is 6.92 Å². The summed E-state index contributed by atoms with van der Waals surface area (Å²) < 4.78 is 47.4. The van der Waals surface area contributed by atoms with Gasteiger partial charge >= 0.3 is 0 Å². The third-order valence-electron chi connectivity index (χ3n) is 4.15. The van der Waals surface area contributed by atoms with Crippen LogP contribution in [0, 0.1) is 24.4 Å². The van der Waals surface area contributed by atoms with Crippen LogP contribution in [0.1, 0.15) is 16.2 Å². The summed E-state index contributed by atoms with van der Waals surface area (Å²) in [6.45, 7) is 1.72. The molecule has 4 rings (SSSR count). The first-order valence-electron chi connectivity index (χ1n) is 8.99. The molecule has 156 valence electrons. The number of hydrogen-bond acceptors (Lipinski definition) is 5. The lowest BCUT2D eigenvalue weighted by Gasteiger charge is -2.10. The van der Waals surface area contributed by atoms with Crippen molar-refractivity contribution >= 4 is 11.6 Å². The van der Waals surface area contributed by atoms with E-state index in [1.54, 1.807) is 48.3 Å². The molecule has 4 aromatic rings. The number of aryl methyl sites for hydroxylation is 1. The Kier molecular flexibility index (Phi) is 5.35. The summed E-state index contributed by atoms with van der Waals surface area (Å²) in [6, 6.07) is 11.1. The number of nitrogens with zero attached hydrogens (tertiary/aromatic N) is 4. The average Bonchev–Trinajstić information content (AvgIpc) is 3.28. The normalized spacial score (nSPS) is 10.7. The molecule has 0 unspecified atom stereocenters. The molecule has 0 aliphatic carbocycles. The van der Waals surface area contributed by atoms with Gasteiger partial charge in [0.1, 0.15) is 11.6 Å². The lowest BCUT2D eigenvalue weighted by Crippen LogP contribution is -2.15. The van der Waals surface area contributed by atoms with Crippen LogP contribution in [0.25, 0.3) is 5.82 Å². The summed E-state index contributed by atoms with van der Waals surface area (Å²) >= 11 is 0. The van der Waals surface area contributed by atoms with Crippen molar-refractivity contribution in [2.75, 3.05) is 5.32 Å². The van der Waals surface area contributed by atoms with Crippen molar-refractivity contribution in [1.29, 1.82) is 0 Å². The van der Waals surface area contributed by atoms with E-state index < -0.39 is 28.9 Å². The van der Waals surface area contributed by atoms with E-state index in [9.17, 15) is 18.0 Å². The molecular weight excluding hydrogens is 411 g/mol. The minimum Gasteiger partial charge on any atom is -0.439 e. The lowest BCUT2D eigenvalue weighted by atomic mass is 10.1. The molecule has 0 saturated heterocycles. The molecule has 0 aliphatic rings. The molecule has 0 saturated carbocycles. The minimum atomic E-state index is -1.70. The smallest absolute Gasteiger partial charge is 0.258 e. The van der Waals surface area contributed by atoms with Crippen LogP contribution < -0.4 is 10.1 Å². The van der Waals surface area contributed by atoms with Crippen LogP contribution in [0.3, 0.4) is 0 Å². The number of ether oxygens (including phenoxy) is 1. The van der Waals surface area contributed by atoms with Crippen molar-refractivity contribution in [1.82, 2.24) is 19.7 Å². The second kappa shape index (κ2) is 8.27. The maximum absolute atomic E-state index is 13.8. The molecule has 0 fully saturated rings. The molecule has 0 bridgehead atoms. The van der Waals surface area contributed by atoms with Gasteiger partial charge in [-0.15, -0.1) is 0 Å². The fourth-order valence-electron chi connectivity index (χ4n) is 2.73. The first kappa shape index (κ1) is 20.1. The third-order valence-corrected chi connectivity index (χ3v) is 4.15. The first-order valence-corrected chi connectivity index (χ1v) is 8.99. The Bertz CT molecular complexity index is 1240. The molecule has 0 aliphatic heterocycles. The number of hydrogen-bond donors (Lipinski definition) is 1. The van der Waals surface area contributed by atoms with Gasteiger partial charge in [-0.3, -0.25) is 4.79 Å². The highest BCUT2D eigenvalue weighted by Gasteiger charge is 2.19. The van der Waals surface area contributed by atoms with Gasteiger partial charge in [0.25, 0.3) is 5.91 Å². The first-order chi connectivity index (χ1) is 14.9. The Hall–Kier alpha value is -4.21. The van der Waals surface area contributed by atoms with E-state index in [0.29, 0.717) is 35.0 Å². The van der Waals surface area contributed by atoms with Gasteiger partial charge in [-0.1, -0.05) is 0 Å². The summed E-state index contributed by atoms with van der Waals surface area (Å²) in [6.07, 6.45) is 3.36. The van der Waals surface area contributed by atoms with Crippen LogP contribution in [-0.4, -0.2) is 25.7 Å². The molecule has 1 N–H and O–H groups in total. The third kappa shape index (κ3) is 4.37. The molecule has 2 aromatic carbocycles. The van der Waals surface area contributed by atoms with Crippen LogP contribution in [0.2, 0.25) is 0 Å². The lowest BCUT2D eigenvalue weighted by molar-refractivity contribution is 0.102. The highest BCUT2D eigenvalue weighted by Crippen LogP contribution is 2.24. The van der Waals surface area contributed by atoms with Crippen molar-refractivity contribution in [3.8, 4) is 17.4 Å². The summed E-state index contributed by atoms with van der Waals surface area (Å²) in [4.78, 5) is 20.7. The maximum Gasteiger partial charge on any atom is 0.258 e. The van der Waals surface area contributed by atoms with E-state index in [1.807, 2.05) is 0 Å². The Balaban J connectivity index is 1.48. The Labute approximate surface area is 174 Å². The SMILES string of the molecule is Cc1nc(Oc2ccc(NC(=O)c3ccc(F)c(F)c3F)cc2)cc(-n2cccn2)n1. The largest absolute Gasteiger partial charge is 0.439 e. The predicted molar refractivity (Wildman–Crippen MR) is 105 cm³/mol. The number of amides is 1. The number of rotatable bonds is 5. The van der Waals surface area contributed by atoms with Crippen LogP contribution in [0.4, 0.5) is 18.9 Å². The fraction of sp³-hybridized carbons (Fsp3) is 0.0476.